The Morgan fingerprint density at radius 2 is 1.64 bits per heavy atom. The van der Waals surface area contributed by atoms with Crippen molar-refractivity contribution in [3.8, 4) is 5.75 Å². The van der Waals surface area contributed by atoms with Gasteiger partial charge in [-0.2, -0.15) is 0 Å². The van der Waals surface area contributed by atoms with Crippen molar-refractivity contribution in [3.05, 3.63) is 99.6 Å². The number of aliphatic hydroxyl groups excluding tert-OH is 1. The van der Waals surface area contributed by atoms with Crippen molar-refractivity contribution in [1.82, 2.24) is 0 Å². The molecule has 1 heterocycles. The van der Waals surface area contributed by atoms with E-state index in [-0.39, 0.29) is 22.6 Å². The van der Waals surface area contributed by atoms with Gasteiger partial charge in [-0.3, -0.25) is 24.6 Å². The van der Waals surface area contributed by atoms with E-state index in [2.05, 4.69) is 4.90 Å². The van der Waals surface area contributed by atoms with Crippen LogP contribution in [-0.2, 0) is 9.59 Å². The summed E-state index contributed by atoms with van der Waals surface area (Å²) < 4.78 is 0. The molecule has 0 radical (unpaired) electrons. The number of amides is 1. The number of rotatable bonds is 7. The van der Waals surface area contributed by atoms with Crippen molar-refractivity contribution in [2.24, 2.45) is 0 Å². The fourth-order valence-electron chi connectivity index (χ4n) is 4.42. The number of carbonyl (C=O) groups is 2. The van der Waals surface area contributed by atoms with Crippen LogP contribution in [-0.4, -0.2) is 39.9 Å². The van der Waals surface area contributed by atoms with Crippen LogP contribution in [0.3, 0.4) is 0 Å². The van der Waals surface area contributed by atoms with E-state index in [0.29, 0.717) is 11.3 Å². The third-order valence-corrected chi connectivity index (χ3v) is 6.24. The Kier molecular flexibility index (Phi) is 6.73. The Morgan fingerprint density at radius 3 is 2.19 bits per heavy atom. The molecule has 0 bridgehead atoms. The summed E-state index contributed by atoms with van der Waals surface area (Å²) in [5, 5.41) is 32.2. The number of nitro groups is 1. The van der Waals surface area contributed by atoms with Crippen LogP contribution in [0.4, 0.5) is 17.1 Å². The quantitative estimate of drug-likeness (QED) is 0.162. The van der Waals surface area contributed by atoms with Gasteiger partial charge < -0.3 is 15.1 Å². The second-order valence-corrected chi connectivity index (χ2v) is 8.26. The minimum absolute atomic E-state index is 0.0645. The predicted octanol–water partition coefficient (Wildman–Crippen LogP) is 4.77. The maximum atomic E-state index is 13.3. The molecule has 0 spiro atoms. The number of anilines is 2. The van der Waals surface area contributed by atoms with E-state index >= 15 is 0 Å². The first-order valence-electron chi connectivity index (χ1n) is 11.5. The molecule has 0 saturated carbocycles. The molecule has 1 aliphatic rings. The van der Waals surface area contributed by atoms with Gasteiger partial charge in [-0.25, -0.2) is 0 Å². The van der Waals surface area contributed by atoms with Crippen molar-refractivity contribution >= 4 is 34.5 Å². The van der Waals surface area contributed by atoms with Crippen molar-refractivity contribution in [2.45, 2.75) is 19.9 Å². The number of nitrogens with zero attached hydrogens (tertiary/aromatic N) is 3. The highest BCUT2D eigenvalue weighted by atomic mass is 16.6. The minimum atomic E-state index is -1.02. The molecule has 2 N–H and O–H groups in total. The number of non-ortho nitro benzene ring substituents is 1. The number of phenolic OH excluding ortho intramolecular Hbond substituents is 1. The predicted molar refractivity (Wildman–Crippen MR) is 136 cm³/mol. The fourth-order valence-corrected chi connectivity index (χ4v) is 4.42. The first-order valence-corrected chi connectivity index (χ1v) is 11.5. The van der Waals surface area contributed by atoms with Gasteiger partial charge in [0.05, 0.1) is 16.5 Å². The Morgan fingerprint density at radius 1 is 1.00 bits per heavy atom. The molecule has 1 amide bonds. The highest BCUT2D eigenvalue weighted by Gasteiger charge is 2.47. The summed E-state index contributed by atoms with van der Waals surface area (Å²) in [5.74, 6) is -2.25. The molecule has 1 saturated heterocycles. The van der Waals surface area contributed by atoms with Gasteiger partial charge in [0, 0.05) is 42.2 Å². The number of phenols is 1. The molecule has 36 heavy (non-hydrogen) atoms. The van der Waals surface area contributed by atoms with Gasteiger partial charge in [0.1, 0.15) is 11.5 Å². The third kappa shape index (κ3) is 4.38. The summed E-state index contributed by atoms with van der Waals surface area (Å²) in [7, 11) is 0. The zero-order chi connectivity index (χ0) is 26.0. The zero-order valence-corrected chi connectivity index (χ0v) is 19.8. The number of nitro benzene ring substituents is 1. The average Bonchev–Trinajstić information content (AvgIpc) is 3.15. The number of Topliss-reactive ketones (excluding diaryl/α,β-unsaturated/α-hetero) is 1. The normalized spacial score (nSPS) is 16.8. The van der Waals surface area contributed by atoms with Crippen LogP contribution < -0.4 is 9.80 Å². The Hall–Kier alpha value is -4.66. The van der Waals surface area contributed by atoms with E-state index in [1.807, 2.05) is 26.0 Å². The average molecular weight is 488 g/mol. The first kappa shape index (κ1) is 24.5. The van der Waals surface area contributed by atoms with Crippen LogP contribution in [0.5, 0.6) is 5.75 Å². The summed E-state index contributed by atoms with van der Waals surface area (Å²) in [6, 6.07) is 17.3. The topological polar surface area (TPSA) is 124 Å². The summed E-state index contributed by atoms with van der Waals surface area (Å²) in [5.41, 5.74) is 1.63. The Labute approximate surface area is 207 Å². The lowest BCUT2D eigenvalue weighted by Crippen LogP contribution is -2.29. The Balaban J connectivity index is 1.86. The van der Waals surface area contributed by atoms with Gasteiger partial charge in [-0.05, 0) is 67.9 Å². The highest BCUT2D eigenvalue weighted by molar-refractivity contribution is 6.51. The molecule has 3 aromatic rings. The zero-order valence-electron chi connectivity index (χ0n) is 19.8. The molecule has 3 aromatic carbocycles. The van der Waals surface area contributed by atoms with Crippen molar-refractivity contribution in [2.75, 3.05) is 22.9 Å². The van der Waals surface area contributed by atoms with Crippen LogP contribution >= 0.6 is 0 Å². The van der Waals surface area contributed by atoms with E-state index in [0.717, 1.165) is 18.8 Å². The van der Waals surface area contributed by atoms with Gasteiger partial charge in [-0.15, -0.1) is 0 Å². The molecule has 9 nitrogen and oxygen atoms in total. The van der Waals surface area contributed by atoms with Gasteiger partial charge >= 0.3 is 0 Å². The van der Waals surface area contributed by atoms with E-state index < -0.39 is 28.4 Å². The van der Waals surface area contributed by atoms with Crippen LogP contribution in [0.15, 0.2) is 78.4 Å². The van der Waals surface area contributed by atoms with Crippen LogP contribution in [0.1, 0.15) is 31.0 Å². The lowest BCUT2D eigenvalue weighted by atomic mass is 9.95. The number of ketones is 1. The molecule has 9 heteroatoms. The molecule has 184 valence electrons. The van der Waals surface area contributed by atoms with E-state index in [9.17, 15) is 29.9 Å². The smallest absolute Gasteiger partial charge is 0.300 e. The largest absolute Gasteiger partial charge is 0.508 e. The number of benzene rings is 3. The number of aliphatic hydroxyl groups is 1. The lowest BCUT2D eigenvalue weighted by Gasteiger charge is -2.27. The second kappa shape index (κ2) is 9.91. The standard InChI is InChI=1S/C27H25N3O6/c1-3-28(4-2)19-12-14-20(15-13-19)29-24(18-6-5-7-22(31)16-18)23(26(33)27(29)34)25(32)17-8-10-21(11-9-17)30(35)36/h5-16,24,31-32H,3-4H2,1-2H3/b25-23-. The van der Waals surface area contributed by atoms with Crippen molar-refractivity contribution in [3.63, 3.8) is 0 Å². The van der Waals surface area contributed by atoms with E-state index in [1.54, 1.807) is 24.3 Å². The summed E-state index contributed by atoms with van der Waals surface area (Å²) in [6.45, 7) is 5.68. The van der Waals surface area contributed by atoms with E-state index in [4.69, 9.17) is 0 Å². The Bertz CT molecular complexity index is 1340. The van der Waals surface area contributed by atoms with Crippen LogP contribution in [0, 0.1) is 10.1 Å². The summed E-state index contributed by atoms with van der Waals surface area (Å²) in [4.78, 5) is 40.4. The monoisotopic (exact) mass is 487 g/mol. The van der Waals surface area contributed by atoms with Gasteiger partial charge in [0.2, 0.25) is 0 Å². The molecular weight excluding hydrogens is 462 g/mol. The summed E-state index contributed by atoms with van der Waals surface area (Å²) in [6.07, 6.45) is 0. The number of hydrogen-bond acceptors (Lipinski definition) is 7. The fraction of sp³-hybridized carbons (Fsp3) is 0.185. The molecule has 4 rings (SSSR count). The van der Waals surface area contributed by atoms with Crippen LogP contribution in [0.25, 0.3) is 5.76 Å². The molecule has 0 aromatic heterocycles. The first-order chi connectivity index (χ1) is 17.3. The van der Waals surface area contributed by atoms with Crippen molar-refractivity contribution in [1.29, 1.82) is 0 Å². The van der Waals surface area contributed by atoms with E-state index in [1.165, 1.54) is 41.3 Å². The molecule has 1 atom stereocenters. The summed E-state index contributed by atoms with van der Waals surface area (Å²) >= 11 is 0. The molecule has 1 aliphatic heterocycles. The number of carbonyl (C=O) groups excluding carboxylic acids is 2. The maximum Gasteiger partial charge on any atom is 0.300 e. The van der Waals surface area contributed by atoms with Gasteiger partial charge in [-0.1, -0.05) is 12.1 Å². The van der Waals surface area contributed by atoms with Gasteiger partial charge in [0.25, 0.3) is 17.4 Å². The number of hydrogen-bond donors (Lipinski definition) is 2. The van der Waals surface area contributed by atoms with Crippen molar-refractivity contribution < 1.29 is 24.7 Å². The second-order valence-electron chi connectivity index (χ2n) is 8.26. The highest BCUT2D eigenvalue weighted by Crippen LogP contribution is 2.43. The molecule has 1 fully saturated rings. The van der Waals surface area contributed by atoms with Gasteiger partial charge in [0.15, 0.2) is 0 Å². The molecule has 0 aliphatic carbocycles. The SMILES string of the molecule is CCN(CC)c1ccc(N2C(=O)C(=O)/C(=C(\O)c3ccc([N+](=O)[O-])cc3)C2c2cccc(O)c2)cc1. The molecule has 1 unspecified atom stereocenters. The van der Waals surface area contributed by atoms with Crippen LogP contribution in [0.2, 0.25) is 0 Å². The minimum Gasteiger partial charge on any atom is -0.508 e. The number of aromatic hydroxyl groups is 1. The maximum absolute atomic E-state index is 13.3. The third-order valence-electron chi connectivity index (χ3n) is 6.24. The lowest BCUT2D eigenvalue weighted by molar-refractivity contribution is -0.384. The molecular formula is C27H25N3O6.